The van der Waals surface area contributed by atoms with Crippen LogP contribution in [0.15, 0.2) is 51.9 Å². The van der Waals surface area contributed by atoms with Gasteiger partial charge in [0.25, 0.3) is 10.0 Å². The van der Waals surface area contributed by atoms with E-state index in [0.29, 0.717) is 28.7 Å². The van der Waals surface area contributed by atoms with Crippen molar-refractivity contribution < 1.29 is 17.6 Å². The van der Waals surface area contributed by atoms with Gasteiger partial charge in [-0.25, -0.2) is 8.42 Å². The molecule has 120 valence electrons. The molecular weight excluding hydrogens is 318 g/mol. The van der Waals surface area contributed by atoms with E-state index in [1.54, 1.807) is 50.6 Å². The van der Waals surface area contributed by atoms with Gasteiger partial charge in [0.1, 0.15) is 22.1 Å². The van der Waals surface area contributed by atoms with Gasteiger partial charge < -0.3 is 9.15 Å². The summed E-state index contributed by atoms with van der Waals surface area (Å²) >= 11 is 0. The molecule has 0 radical (unpaired) electrons. The fourth-order valence-corrected chi connectivity index (χ4v) is 3.37. The third-order valence-corrected chi connectivity index (χ3v) is 4.76. The minimum atomic E-state index is -3.75. The molecule has 3 rings (SSSR count). The zero-order valence-corrected chi connectivity index (χ0v) is 13.3. The standard InChI is InChI=1S/C15H15N3O4S/c1-10-15(9-14(22-10)13-7-8-16-17-13)23(19,20)18-11-3-5-12(21-2)6-4-11/h3-9,18H,1-2H3,(H,16,17). The molecule has 0 fully saturated rings. The number of aromatic amines is 1. The molecule has 2 aromatic heterocycles. The van der Waals surface area contributed by atoms with Gasteiger partial charge >= 0.3 is 0 Å². The van der Waals surface area contributed by atoms with Gasteiger partial charge in [0.2, 0.25) is 0 Å². The fraction of sp³-hybridized carbons (Fsp3) is 0.133. The van der Waals surface area contributed by atoms with E-state index in [0.717, 1.165) is 0 Å². The van der Waals surface area contributed by atoms with Crippen LogP contribution in [0, 0.1) is 6.92 Å². The maximum atomic E-state index is 12.5. The van der Waals surface area contributed by atoms with E-state index < -0.39 is 10.0 Å². The summed E-state index contributed by atoms with van der Waals surface area (Å²) in [5.74, 6) is 1.36. The van der Waals surface area contributed by atoms with Crippen molar-refractivity contribution in [2.75, 3.05) is 11.8 Å². The van der Waals surface area contributed by atoms with Gasteiger partial charge in [-0.1, -0.05) is 0 Å². The molecule has 0 atom stereocenters. The van der Waals surface area contributed by atoms with Crippen molar-refractivity contribution in [3.05, 3.63) is 48.4 Å². The SMILES string of the molecule is COc1ccc(NS(=O)(=O)c2cc(-c3ccn[nH]3)oc2C)cc1. The third kappa shape index (κ3) is 3.07. The third-order valence-electron chi connectivity index (χ3n) is 3.27. The zero-order chi connectivity index (χ0) is 16.4. The molecule has 1 aromatic carbocycles. The Hall–Kier alpha value is -2.74. The van der Waals surface area contributed by atoms with Gasteiger partial charge in [0.05, 0.1) is 7.11 Å². The average Bonchev–Trinajstić information content (AvgIpc) is 3.17. The van der Waals surface area contributed by atoms with Gasteiger partial charge in [0.15, 0.2) is 5.76 Å². The number of rotatable bonds is 5. The van der Waals surface area contributed by atoms with Gasteiger partial charge in [-0.15, -0.1) is 0 Å². The van der Waals surface area contributed by atoms with Crippen LogP contribution in [0.2, 0.25) is 0 Å². The van der Waals surface area contributed by atoms with Crippen LogP contribution in [0.4, 0.5) is 5.69 Å². The topological polar surface area (TPSA) is 97.2 Å². The van der Waals surface area contributed by atoms with Crippen molar-refractivity contribution >= 4 is 15.7 Å². The van der Waals surface area contributed by atoms with Crippen LogP contribution in [0.3, 0.4) is 0 Å². The maximum absolute atomic E-state index is 12.5. The zero-order valence-electron chi connectivity index (χ0n) is 12.5. The van der Waals surface area contributed by atoms with Crippen LogP contribution in [0.25, 0.3) is 11.5 Å². The van der Waals surface area contributed by atoms with Crippen molar-refractivity contribution in [1.82, 2.24) is 10.2 Å². The molecule has 7 nitrogen and oxygen atoms in total. The lowest BCUT2D eigenvalue weighted by Crippen LogP contribution is -2.13. The number of hydrogen-bond donors (Lipinski definition) is 2. The minimum absolute atomic E-state index is 0.0814. The summed E-state index contributed by atoms with van der Waals surface area (Å²) in [5, 5.41) is 6.56. The molecule has 2 N–H and O–H groups in total. The molecule has 0 bridgehead atoms. The summed E-state index contributed by atoms with van der Waals surface area (Å²) in [5.41, 5.74) is 1.05. The number of anilines is 1. The summed E-state index contributed by atoms with van der Waals surface area (Å²) in [6, 6.07) is 9.77. The highest BCUT2D eigenvalue weighted by atomic mass is 32.2. The molecule has 0 saturated heterocycles. The van der Waals surface area contributed by atoms with Crippen molar-refractivity contribution in [3.63, 3.8) is 0 Å². The van der Waals surface area contributed by atoms with E-state index in [1.807, 2.05) is 0 Å². The van der Waals surface area contributed by atoms with Crippen molar-refractivity contribution in [1.29, 1.82) is 0 Å². The van der Waals surface area contributed by atoms with Crippen molar-refractivity contribution in [2.24, 2.45) is 0 Å². The first-order chi connectivity index (χ1) is 11.0. The molecule has 23 heavy (non-hydrogen) atoms. The molecule has 0 unspecified atom stereocenters. The van der Waals surface area contributed by atoms with Gasteiger partial charge in [-0.2, -0.15) is 5.10 Å². The molecule has 3 aromatic rings. The van der Waals surface area contributed by atoms with Crippen LogP contribution in [-0.4, -0.2) is 25.7 Å². The number of methoxy groups -OCH3 is 1. The van der Waals surface area contributed by atoms with E-state index in [2.05, 4.69) is 14.9 Å². The van der Waals surface area contributed by atoms with Crippen LogP contribution >= 0.6 is 0 Å². The molecule has 0 spiro atoms. The number of aromatic nitrogens is 2. The van der Waals surface area contributed by atoms with Crippen molar-refractivity contribution in [2.45, 2.75) is 11.8 Å². The first-order valence-electron chi connectivity index (χ1n) is 6.76. The Morgan fingerprint density at radius 1 is 1.22 bits per heavy atom. The number of nitrogens with one attached hydrogen (secondary N) is 2. The minimum Gasteiger partial charge on any atom is -0.497 e. The lowest BCUT2D eigenvalue weighted by Gasteiger charge is -2.07. The molecular formula is C15H15N3O4S. The Labute approximate surface area is 133 Å². The molecule has 8 heteroatoms. The second-order valence-electron chi connectivity index (χ2n) is 4.84. The van der Waals surface area contributed by atoms with Gasteiger partial charge in [-0.3, -0.25) is 9.82 Å². The first-order valence-corrected chi connectivity index (χ1v) is 8.25. The van der Waals surface area contributed by atoms with Gasteiger partial charge in [0, 0.05) is 18.0 Å². The number of nitrogens with zero attached hydrogens (tertiary/aromatic N) is 1. The second-order valence-corrected chi connectivity index (χ2v) is 6.49. The van der Waals surface area contributed by atoms with Crippen LogP contribution in [0.5, 0.6) is 5.75 Å². The summed E-state index contributed by atoms with van der Waals surface area (Å²) in [6.07, 6.45) is 1.57. The number of sulfonamides is 1. The Kier molecular flexibility index (Phi) is 3.83. The smallest absolute Gasteiger partial charge is 0.265 e. The monoisotopic (exact) mass is 333 g/mol. The maximum Gasteiger partial charge on any atom is 0.265 e. The van der Waals surface area contributed by atoms with E-state index in [9.17, 15) is 8.42 Å². The number of H-pyrrole nitrogens is 1. The number of aryl methyl sites for hydroxylation is 1. The Morgan fingerprint density at radius 2 is 1.96 bits per heavy atom. The Bertz CT molecular complexity index is 897. The average molecular weight is 333 g/mol. The van der Waals surface area contributed by atoms with Crippen molar-refractivity contribution in [3.8, 4) is 17.2 Å². The van der Waals surface area contributed by atoms with E-state index in [-0.39, 0.29) is 4.90 Å². The molecule has 0 aliphatic carbocycles. The highest BCUT2D eigenvalue weighted by molar-refractivity contribution is 7.92. The quantitative estimate of drug-likeness (QED) is 0.748. The fourth-order valence-electron chi connectivity index (χ4n) is 2.13. The van der Waals surface area contributed by atoms with Gasteiger partial charge in [-0.05, 0) is 37.3 Å². The predicted molar refractivity (Wildman–Crippen MR) is 84.8 cm³/mol. The van der Waals surface area contributed by atoms with Crippen LogP contribution in [0.1, 0.15) is 5.76 Å². The summed E-state index contributed by atoms with van der Waals surface area (Å²) in [4.78, 5) is 0.0814. The van der Waals surface area contributed by atoms with E-state index in [1.165, 1.54) is 6.07 Å². The Balaban J connectivity index is 1.90. The number of hydrogen-bond acceptors (Lipinski definition) is 5. The number of benzene rings is 1. The molecule has 0 saturated carbocycles. The molecule has 2 heterocycles. The Morgan fingerprint density at radius 3 is 2.57 bits per heavy atom. The van der Waals surface area contributed by atoms with E-state index in [4.69, 9.17) is 9.15 Å². The second kappa shape index (κ2) is 5.81. The lowest BCUT2D eigenvalue weighted by molar-refractivity contribution is 0.415. The predicted octanol–water partition coefficient (Wildman–Crippen LogP) is 2.79. The summed E-state index contributed by atoms with van der Waals surface area (Å²) in [7, 11) is -2.21. The molecule has 0 aliphatic heterocycles. The summed E-state index contributed by atoms with van der Waals surface area (Å²) < 4.78 is 38.1. The highest BCUT2D eigenvalue weighted by Crippen LogP contribution is 2.28. The molecule has 0 aliphatic rings. The first kappa shape index (κ1) is 15.2. The van der Waals surface area contributed by atoms with Crippen LogP contribution in [-0.2, 0) is 10.0 Å². The van der Waals surface area contributed by atoms with E-state index >= 15 is 0 Å². The highest BCUT2D eigenvalue weighted by Gasteiger charge is 2.22. The number of furan rings is 1. The van der Waals surface area contributed by atoms with Crippen LogP contribution < -0.4 is 9.46 Å². The molecule has 0 amide bonds. The number of ether oxygens (including phenoxy) is 1. The largest absolute Gasteiger partial charge is 0.497 e. The normalized spacial score (nSPS) is 11.4. The summed E-state index contributed by atoms with van der Waals surface area (Å²) in [6.45, 7) is 1.60. The lowest BCUT2D eigenvalue weighted by atomic mass is 10.3.